The molecule has 110 valence electrons. The molecule has 0 bridgehead atoms. The van der Waals surface area contributed by atoms with Gasteiger partial charge in [-0.3, -0.25) is 4.90 Å². The molecule has 0 aromatic heterocycles. The predicted octanol–water partition coefficient (Wildman–Crippen LogP) is 2.00. The van der Waals surface area contributed by atoms with Gasteiger partial charge in [0.15, 0.2) is 0 Å². The van der Waals surface area contributed by atoms with Gasteiger partial charge in [-0.05, 0) is 36.2 Å². The van der Waals surface area contributed by atoms with Crippen molar-refractivity contribution in [2.75, 3.05) is 39.3 Å². The van der Waals surface area contributed by atoms with Gasteiger partial charge in [0.25, 0.3) is 0 Å². The zero-order chi connectivity index (χ0) is 13.9. The Morgan fingerprint density at radius 2 is 2.05 bits per heavy atom. The van der Waals surface area contributed by atoms with E-state index in [-0.39, 0.29) is 5.82 Å². The van der Waals surface area contributed by atoms with Crippen LogP contribution in [0.25, 0.3) is 0 Å². The summed E-state index contributed by atoms with van der Waals surface area (Å²) in [6.45, 7) is 9.67. The first-order valence-corrected chi connectivity index (χ1v) is 7.73. The quantitative estimate of drug-likeness (QED) is 0.911. The lowest BCUT2D eigenvalue weighted by atomic mass is 9.95. The molecule has 1 aromatic carbocycles. The number of hydrogen-bond acceptors (Lipinski definition) is 3. The van der Waals surface area contributed by atoms with E-state index in [1.807, 2.05) is 6.07 Å². The predicted molar refractivity (Wildman–Crippen MR) is 79.2 cm³/mol. The first kappa shape index (κ1) is 14.0. The number of nitrogens with one attached hydrogen (secondary N) is 1. The van der Waals surface area contributed by atoms with E-state index in [1.165, 1.54) is 24.1 Å². The molecule has 1 atom stereocenters. The largest absolute Gasteiger partial charge is 0.311 e. The second-order valence-electron chi connectivity index (χ2n) is 5.87. The van der Waals surface area contributed by atoms with Crippen LogP contribution in [0, 0.1) is 5.82 Å². The number of benzene rings is 1. The second kappa shape index (κ2) is 6.20. The number of fused-ring (bicyclic) bond motifs is 1. The van der Waals surface area contributed by atoms with E-state index in [2.05, 4.69) is 22.0 Å². The molecule has 20 heavy (non-hydrogen) atoms. The minimum absolute atomic E-state index is 0.111. The van der Waals surface area contributed by atoms with Crippen molar-refractivity contribution in [2.45, 2.75) is 25.9 Å². The number of piperazine rings is 1. The summed E-state index contributed by atoms with van der Waals surface area (Å²) in [5.74, 6) is -0.111. The molecule has 1 aromatic rings. The zero-order valence-corrected chi connectivity index (χ0v) is 12.2. The van der Waals surface area contributed by atoms with E-state index in [0.717, 1.165) is 39.3 Å². The van der Waals surface area contributed by atoms with Crippen LogP contribution in [0.1, 0.15) is 30.5 Å². The van der Waals surface area contributed by atoms with Crippen molar-refractivity contribution >= 4 is 0 Å². The monoisotopic (exact) mass is 277 g/mol. The maximum Gasteiger partial charge on any atom is 0.123 e. The third-order valence-electron chi connectivity index (χ3n) is 4.51. The second-order valence-corrected chi connectivity index (χ2v) is 5.87. The van der Waals surface area contributed by atoms with Crippen LogP contribution in [0.4, 0.5) is 4.39 Å². The molecule has 2 aliphatic heterocycles. The molecule has 0 unspecified atom stereocenters. The molecule has 1 saturated heterocycles. The van der Waals surface area contributed by atoms with Crippen LogP contribution in [0.5, 0.6) is 0 Å². The van der Waals surface area contributed by atoms with Crippen LogP contribution in [0.2, 0.25) is 0 Å². The normalized spacial score (nSPS) is 24.6. The highest BCUT2D eigenvalue weighted by molar-refractivity contribution is 5.33. The molecule has 0 amide bonds. The van der Waals surface area contributed by atoms with Gasteiger partial charge in [-0.1, -0.05) is 13.0 Å². The van der Waals surface area contributed by atoms with Gasteiger partial charge in [-0.25, -0.2) is 4.39 Å². The molecule has 0 aliphatic carbocycles. The standard InChI is InChI=1S/C16H24FN3/c1-2-5-19-6-8-20(9-7-19)16-12-18-11-13-3-4-14(17)10-15(13)16/h3-4,10,16,18H,2,5-9,11-12H2,1H3/t16-/m0/s1. The van der Waals surface area contributed by atoms with E-state index < -0.39 is 0 Å². The van der Waals surface area contributed by atoms with Gasteiger partial charge < -0.3 is 10.2 Å². The summed E-state index contributed by atoms with van der Waals surface area (Å²) in [4.78, 5) is 5.04. The van der Waals surface area contributed by atoms with Gasteiger partial charge in [-0.2, -0.15) is 0 Å². The minimum atomic E-state index is -0.111. The smallest absolute Gasteiger partial charge is 0.123 e. The molecule has 1 N–H and O–H groups in total. The Kier molecular flexibility index (Phi) is 4.34. The maximum atomic E-state index is 13.6. The molecule has 1 fully saturated rings. The lowest BCUT2D eigenvalue weighted by Gasteiger charge is -2.41. The molecule has 0 saturated carbocycles. The van der Waals surface area contributed by atoms with Crippen molar-refractivity contribution in [3.8, 4) is 0 Å². The van der Waals surface area contributed by atoms with Gasteiger partial charge >= 0.3 is 0 Å². The zero-order valence-electron chi connectivity index (χ0n) is 12.2. The number of rotatable bonds is 3. The lowest BCUT2D eigenvalue weighted by Crippen LogP contribution is -2.50. The average molecular weight is 277 g/mol. The van der Waals surface area contributed by atoms with Crippen LogP contribution in [0.3, 0.4) is 0 Å². The highest BCUT2D eigenvalue weighted by Crippen LogP contribution is 2.28. The van der Waals surface area contributed by atoms with E-state index >= 15 is 0 Å². The molecule has 4 heteroatoms. The third-order valence-corrected chi connectivity index (χ3v) is 4.51. The van der Waals surface area contributed by atoms with Gasteiger partial charge in [0.1, 0.15) is 5.82 Å². The van der Waals surface area contributed by atoms with E-state index in [4.69, 9.17) is 0 Å². The molecular formula is C16H24FN3. The Balaban J connectivity index is 1.72. The van der Waals surface area contributed by atoms with Crippen molar-refractivity contribution in [3.05, 3.63) is 35.1 Å². The fourth-order valence-electron chi connectivity index (χ4n) is 3.43. The van der Waals surface area contributed by atoms with Crippen LogP contribution in [-0.2, 0) is 6.54 Å². The minimum Gasteiger partial charge on any atom is -0.311 e. The fourth-order valence-corrected chi connectivity index (χ4v) is 3.43. The number of hydrogen-bond donors (Lipinski definition) is 1. The summed E-state index contributed by atoms with van der Waals surface area (Å²) in [7, 11) is 0. The molecule has 0 radical (unpaired) electrons. The SMILES string of the molecule is CCCN1CCN([C@H]2CNCc3ccc(F)cc32)CC1. The van der Waals surface area contributed by atoms with Crippen molar-refractivity contribution in [1.29, 1.82) is 0 Å². The molecule has 2 aliphatic rings. The summed E-state index contributed by atoms with van der Waals surface area (Å²) in [5.41, 5.74) is 2.44. The van der Waals surface area contributed by atoms with Gasteiger partial charge in [0.2, 0.25) is 0 Å². The Hall–Kier alpha value is -0.970. The average Bonchev–Trinajstić information content (AvgIpc) is 2.48. The number of halogens is 1. The van der Waals surface area contributed by atoms with Crippen molar-refractivity contribution in [1.82, 2.24) is 15.1 Å². The van der Waals surface area contributed by atoms with Crippen molar-refractivity contribution in [2.24, 2.45) is 0 Å². The van der Waals surface area contributed by atoms with Gasteiger partial charge in [0.05, 0.1) is 0 Å². The Morgan fingerprint density at radius 1 is 1.25 bits per heavy atom. The molecule has 2 heterocycles. The fraction of sp³-hybridized carbons (Fsp3) is 0.625. The molecule has 3 nitrogen and oxygen atoms in total. The molecule has 3 rings (SSSR count). The van der Waals surface area contributed by atoms with Crippen molar-refractivity contribution < 1.29 is 4.39 Å². The first-order chi connectivity index (χ1) is 9.78. The highest BCUT2D eigenvalue weighted by atomic mass is 19.1. The summed E-state index contributed by atoms with van der Waals surface area (Å²) >= 11 is 0. The Bertz CT molecular complexity index is 455. The Labute approximate surface area is 120 Å². The Morgan fingerprint density at radius 3 is 2.80 bits per heavy atom. The van der Waals surface area contributed by atoms with E-state index in [9.17, 15) is 4.39 Å². The van der Waals surface area contributed by atoms with Crippen LogP contribution in [0.15, 0.2) is 18.2 Å². The summed E-state index contributed by atoms with van der Waals surface area (Å²) in [6.07, 6.45) is 1.22. The lowest BCUT2D eigenvalue weighted by molar-refractivity contribution is 0.0917. The first-order valence-electron chi connectivity index (χ1n) is 7.73. The molecular weight excluding hydrogens is 253 g/mol. The summed E-state index contributed by atoms with van der Waals surface area (Å²) in [5, 5.41) is 3.47. The van der Waals surface area contributed by atoms with Crippen LogP contribution < -0.4 is 5.32 Å². The van der Waals surface area contributed by atoms with Crippen LogP contribution >= 0.6 is 0 Å². The summed E-state index contributed by atoms with van der Waals surface area (Å²) in [6, 6.07) is 5.57. The van der Waals surface area contributed by atoms with Crippen LogP contribution in [-0.4, -0.2) is 49.1 Å². The third kappa shape index (κ3) is 2.87. The van der Waals surface area contributed by atoms with Gasteiger partial charge in [-0.15, -0.1) is 0 Å². The van der Waals surface area contributed by atoms with E-state index in [0.29, 0.717) is 6.04 Å². The maximum absolute atomic E-state index is 13.6. The van der Waals surface area contributed by atoms with Crippen molar-refractivity contribution in [3.63, 3.8) is 0 Å². The highest BCUT2D eigenvalue weighted by Gasteiger charge is 2.28. The summed E-state index contributed by atoms with van der Waals surface area (Å²) < 4.78 is 13.6. The van der Waals surface area contributed by atoms with Gasteiger partial charge in [0, 0.05) is 45.3 Å². The molecule has 0 spiro atoms. The number of nitrogens with zero attached hydrogens (tertiary/aromatic N) is 2. The topological polar surface area (TPSA) is 18.5 Å². The van der Waals surface area contributed by atoms with E-state index in [1.54, 1.807) is 12.1 Å².